The van der Waals surface area contributed by atoms with Gasteiger partial charge >= 0.3 is 0 Å². The molecule has 1 aliphatic heterocycles. The molecule has 1 aromatic heterocycles. The lowest BCUT2D eigenvalue weighted by atomic mass is 10.1. The van der Waals surface area contributed by atoms with Crippen LogP contribution >= 0.6 is 15.9 Å². The number of aryl methyl sites for hydroxylation is 1. The van der Waals surface area contributed by atoms with Crippen LogP contribution in [0, 0.1) is 6.92 Å². The van der Waals surface area contributed by atoms with Crippen LogP contribution in [0.2, 0.25) is 0 Å². The van der Waals surface area contributed by atoms with Crippen molar-refractivity contribution in [2.24, 2.45) is 0 Å². The Morgan fingerprint density at radius 3 is 2.62 bits per heavy atom. The first-order valence-corrected chi connectivity index (χ1v) is 9.38. The van der Waals surface area contributed by atoms with E-state index in [1.54, 1.807) is 0 Å². The number of halogens is 1. The number of carbonyl (C=O) groups excluding carboxylic acids is 1. The van der Waals surface area contributed by atoms with Crippen molar-refractivity contribution in [3.63, 3.8) is 0 Å². The number of aromatic nitrogens is 2. The van der Waals surface area contributed by atoms with E-state index in [4.69, 9.17) is 4.52 Å². The number of nitrogens with zero attached hydrogens (tertiary/aromatic N) is 3. The molecule has 132 valence electrons. The maximum absolute atomic E-state index is 12.9. The van der Waals surface area contributed by atoms with Crippen molar-refractivity contribution in [1.82, 2.24) is 15.0 Å². The van der Waals surface area contributed by atoms with E-state index < -0.39 is 0 Å². The highest BCUT2D eigenvalue weighted by Gasteiger charge is 2.34. The van der Waals surface area contributed by atoms with Crippen LogP contribution in [-0.2, 0) is 0 Å². The zero-order chi connectivity index (χ0) is 18.1. The van der Waals surface area contributed by atoms with Crippen LogP contribution in [0.25, 0.3) is 11.4 Å². The molecule has 0 aliphatic carbocycles. The number of likely N-dealkylation sites (tertiary alicyclic amines) is 1. The van der Waals surface area contributed by atoms with Crippen molar-refractivity contribution in [1.29, 1.82) is 0 Å². The van der Waals surface area contributed by atoms with Crippen molar-refractivity contribution in [2.75, 3.05) is 6.54 Å². The molecule has 2 aromatic carbocycles. The summed E-state index contributed by atoms with van der Waals surface area (Å²) in [6.07, 6.45) is 1.76. The molecule has 0 N–H and O–H groups in total. The van der Waals surface area contributed by atoms with E-state index in [0.717, 1.165) is 28.4 Å². The van der Waals surface area contributed by atoms with Crippen LogP contribution < -0.4 is 0 Å². The Balaban J connectivity index is 1.58. The quantitative estimate of drug-likeness (QED) is 0.621. The standard InChI is InChI=1S/C20H18BrN3O2/c1-13-4-6-15(7-5-13)20(25)24-12-2-3-17(24)19-22-18(23-26-19)14-8-10-16(21)11-9-14/h4-11,17H,2-3,12H2,1H3. The summed E-state index contributed by atoms with van der Waals surface area (Å²) in [5, 5.41) is 4.10. The molecule has 0 bridgehead atoms. The van der Waals surface area contributed by atoms with Crippen LogP contribution in [0.15, 0.2) is 57.5 Å². The molecule has 0 radical (unpaired) electrons. The average Bonchev–Trinajstić information content (AvgIpc) is 3.31. The fourth-order valence-electron chi connectivity index (χ4n) is 3.22. The van der Waals surface area contributed by atoms with Crippen molar-refractivity contribution in [3.05, 3.63) is 70.0 Å². The normalized spacial score (nSPS) is 16.8. The van der Waals surface area contributed by atoms with Crippen LogP contribution in [0.5, 0.6) is 0 Å². The molecule has 3 aromatic rings. The molecule has 1 fully saturated rings. The van der Waals surface area contributed by atoms with Gasteiger partial charge in [-0.3, -0.25) is 4.79 Å². The predicted octanol–water partition coefficient (Wildman–Crippen LogP) is 4.78. The van der Waals surface area contributed by atoms with Gasteiger partial charge in [-0.25, -0.2) is 0 Å². The number of amides is 1. The van der Waals surface area contributed by atoms with Gasteiger partial charge in [-0.1, -0.05) is 38.8 Å². The number of benzene rings is 2. The highest BCUT2D eigenvalue weighted by molar-refractivity contribution is 9.10. The minimum absolute atomic E-state index is 0.0101. The van der Waals surface area contributed by atoms with Crippen molar-refractivity contribution >= 4 is 21.8 Å². The molecule has 0 spiro atoms. The lowest BCUT2D eigenvalue weighted by Gasteiger charge is -2.22. The van der Waals surface area contributed by atoms with Crippen molar-refractivity contribution < 1.29 is 9.32 Å². The fourth-order valence-corrected chi connectivity index (χ4v) is 3.48. The third-order valence-electron chi connectivity index (χ3n) is 4.64. The Kier molecular flexibility index (Phi) is 4.59. The molecule has 1 saturated heterocycles. The van der Waals surface area contributed by atoms with Gasteiger partial charge < -0.3 is 9.42 Å². The summed E-state index contributed by atoms with van der Waals surface area (Å²) in [7, 11) is 0. The number of hydrogen-bond donors (Lipinski definition) is 0. The molecule has 1 aliphatic rings. The van der Waals surface area contributed by atoms with Gasteiger partial charge in [0.25, 0.3) is 5.91 Å². The summed E-state index contributed by atoms with van der Waals surface area (Å²) in [5.41, 5.74) is 2.71. The molecule has 26 heavy (non-hydrogen) atoms. The monoisotopic (exact) mass is 411 g/mol. The fraction of sp³-hybridized carbons (Fsp3) is 0.250. The van der Waals surface area contributed by atoms with E-state index in [1.807, 2.05) is 60.4 Å². The summed E-state index contributed by atoms with van der Waals surface area (Å²) in [5.74, 6) is 1.05. The lowest BCUT2D eigenvalue weighted by molar-refractivity contribution is 0.0710. The lowest BCUT2D eigenvalue weighted by Crippen LogP contribution is -2.30. The topological polar surface area (TPSA) is 59.2 Å². The predicted molar refractivity (Wildman–Crippen MR) is 102 cm³/mol. The molecular formula is C20H18BrN3O2. The minimum atomic E-state index is -0.166. The molecule has 0 saturated carbocycles. The first kappa shape index (κ1) is 17.0. The van der Waals surface area contributed by atoms with Crippen LogP contribution in [-0.4, -0.2) is 27.5 Å². The molecule has 1 unspecified atom stereocenters. The van der Waals surface area contributed by atoms with Gasteiger partial charge in [0, 0.05) is 22.1 Å². The van der Waals surface area contributed by atoms with E-state index in [0.29, 0.717) is 23.8 Å². The average molecular weight is 412 g/mol. The minimum Gasteiger partial charge on any atom is -0.337 e. The summed E-state index contributed by atoms with van der Waals surface area (Å²) >= 11 is 3.42. The highest BCUT2D eigenvalue weighted by atomic mass is 79.9. The second-order valence-electron chi connectivity index (χ2n) is 6.49. The summed E-state index contributed by atoms with van der Waals surface area (Å²) in [6, 6.07) is 15.2. The summed E-state index contributed by atoms with van der Waals surface area (Å²) in [6.45, 7) is 2.71. The van der Waals surface area contributed by atoms with Crippen LogP contribution in [0.1, 0.15) is 40.7 Å². The van der Waals surface area contributed by atoms with E-state index in [9.17, 15) is 4.79 Å². The molecule has 1 atom stereocenters. The van der Waals surface area contributed by atoms with E-state index >= 15 is 0 Å². The van der Waals surface area contributed by atoms with Gasteiger partial charge in [-0.2, -0.15) is 4.98 Å². The Labute approximate surface area is 160 Å². The third-order valence-corrected chi connectivity index (χ3v) is 5.17. The summed E-state index contributed by atoms with van der Waals surface area (Å²) < 4.78 is 6.50. The molecule has 5 nitrogen and oxygen atoms in total. The maximum Gasteiger partial charge on any atom is 0.254 e. The molecular weight excluding hydrogens is 394 g/mol. The zero-order valence-corrected chi connectivity index (χ0v) is 15.9. The van der Waals surface area contributed by atoms with E-state index in [-0.39, 0.29) is 11.9 Å². The number of rotatable bonds is 3. The van der Waals surface area contributed by atoms with Crippen molar-refractivity contribution in [3.8, 4) is 11.4 Å². The van der Waals surface area contributed by atoms with Gasteiger partial charge in [-0.15, -0.1) is 0 Å². The van der Waals surface area contributed by atoms with Gasteiger partial charge in [0.15, 0.2) is 0 Å². The SMILES string of the molecule is Cc1ccc(C(=O)N2CCCC2c2nc(-c3ccc(Br)cc3)no2)cc1. The van der Waals surface area contributed by atoms with E-state index in [1.165, 1.54) is 0 Å². The van der Waals surface area contributed by atoms with Gasteiger partial charge in [0.1, 0.15) is 6.04 Å². The van der Waals surface area contributed by atoms with Crippen LogP contribution in [0.3, 0.4) is 0 Å². The molecule has 4 rings (SSSR count). The largest absolute Gasteiger partial charge is 0.337 e. The number of hydrogen-bond acceptors (Lipinski definition) is 4. The van der Waals surface area contributed by atoms with E-state index in [2.05, 4.69) is 26.1 Å². The Morgan fingerprint density at radius 1 is 1.15 bits per heavy atom. The third kappa shape index (κ3) is 3.29. The van der Waals surface area contributed by atoms with Gasteiger partial charge in [-0.05, 0) is 56.2 Å². The Bertz CT molecular complexity index is 919. The van der Waals surface area contributed by atoms with Gasteiger partial charge in [0.2, 0.25) is 11.7 Å². The smallest absolute Gasteiger partial charge is 0.254 e. The maximum atomic E-state index is 12.9. The zero-order valence-electron chi connectivity index (χ0n) is 14.4. The molecule has 6 heteroatoms. The second kappa shape index (κ2) is 7.03. The van der Waals surface area contributed by atoms with Crippen LogP contribution in [0.4, 0.5) is 0 Å². The van der Waals surface area contributed by atoms with Gasteiger partial charge in [0.05, 0.1) is 0 Å². The Hall–Kier alpha value is -2.47. The first-order chi connectivity index (χ1) is 12.6. The second-order valence-corrected chi connectivity index (χ2v) is 7.40. The first-order valence-electron chi connectivity index (χ1n) is 8.59. The Morgan fingerprint density at radius 2 is 1.88 bits per heavy atom. The number of carbonyl (C=O) groups is 1. The molecule has 2 heterocycles. The summed E-state index contributed by atoms with van der Waals surface area (Å²) in [4.78, 5) is 19.3. The van der Waals surface area contributed by atoms with Crippen molar-refractivity contribution in [2.45, 2.75) is 25.8 Å². The highest BCUT2D eigenvalue weighted by Crippen LogP contribution is 2.33. The molecule has 1 amide bonds.